The molecular weight excluding hydrogens is 320 g/mol. The molecule has 132 valence electrons. The summed E-state index contributed by atoms with van der Waals surface area (Å²) in [6.45, 7) is 3.65. The van der Waals surface area contributed by atoms with E-state index in [1.165, 1.54) is 13.2 Å². The van der Waals surface area contributed by atoms with Gasteiger partial charge in [0.15, 0.2) is 0 Å². The van der Waals surface area contributed by atoms with E-state index < -0.39 is 17.9 Å². The number of carbonyl (C=O) groups excluding carboxylic acids is 2. The van der Waals surface area contributed by atoms with E-state index in [1.807, 2.05) is 19.1 Å². The van der Waals surface area contributed by atoms with Gasteiger partial charge in [-0.1, -0.05) is 25.1 Å². The van der Waals surface area contributed by atoms with Crippen molar-refractivity contribution >= 4 is 17.5 Å². The topological polar surface area (TPSA) is 87.7 Å². The Balaban J connectivity index is 2.07. The van der Waals surface area contributed by atoms with E-state index in [-0.39, 0.29) is 5.75 Å². The zero-order valence-corrected chi connectivity index (χ0v) is 14.5. The van der Waals surface area contributed by atoms with Gasteiger partial charge in [0.1, 0.15) is 11.5 Å². The van der Waals surface area contributed by atoms with Crippen LogP contribution in [0.5, 0.6) is 11.5 Å². The van der Waals surface area contributed by atoms with E-state index in [0.717, 1.165) is 12.0 Å². The molecule has 0 aromatic heterocycles. The number of amides is 2. The van der Waals surface area contributed by atoms with E-state index in [4.69, 9.17) is 4.74 Å². The van der Waals surface area contributed by atoms with Gasteiger partial charge >= 0.3 is 11.8 Å². The van der Waals surface area contributed by atoms with E-state index in [9.17, 15) is 14.7 Å². The third-order valence-electron chi connectivity index (χ3n) is 3.90. The SMILES string of the molecule is CCc1ccccc1NC(=O)C(=O)N[C@@H](C)c1cc(OC)ccc1O. The van der Waals surface area contributed by atoms with Gasteiger partial charge in [0.25, 0.3) is 0 Å². The second-order valence-corrected chi connectivity index (χ2v) is 5.58. The van der Waals surface area contributed by atoms with Crippen molar-refractivity contribution in [2.24, 2.45) is 0 Å². The Morgan fingerprint density at radius 1 is 1.16 bits per heavy atom. The average Bonchev–Trinajstić information content (AvgIpc) is 2.62. The number of hydrogen-bond donors (Lipinski definition) is 3. The minimum atomic E-state index is -0.777. The largest absolute Gasteiger partial charge is 0.508 e. The molecule has 0 radical (unpaired) electrons. The molecule has 1 atom stereocenters. The molecule has 25 heavy (non-hydrogen) atoms. The summed E-state index contributed by atoms with van der Waals surface area (Å²) in [5.74, 6) is -0.962. The molecule has 0 aliphatic rings. The van der Waals surface area contributed by atoms with Crippen molar-refractivity contribution in [1.29, 1.82) is 0 Å². The Morgan fingerprint density at radius 3 is 2.56 bits per heavy atom. The Hall–Kier alpha value is -3.02. The molecule has 0 bridgehead atoms. The molecule has 0 heterocycles. The first-order valence-corrected chi connectivity index (χ1v) is 8.02. The maximum atomic E-state index is 12.2. The van der Waals surface area contributed by atoms with Crippen molar-refractivity contribution in [3.05, 3.63) is 53.6 Å². The van der Waals surface area contributed by atoms with Gasteiger partial charge in [-0.2, -0.15) is 0 Å². The summed E-state index contributed by atoms with van der Waals surface area (Å²) < 4.78 is 5.11. The number of aryl methyl sites for hydroxylation is 1. The number of aromatic hydroxyl groups is 1. The average molecular weight is 342 g/mol. The summed E-state index contributed by atoms with van der Waals surface area (Å²) in [6, 6.07) is 11.5. The summed E-state index contributed by atoms with van der Waals surface area (Å²) in [4.78, 5) is 24.3. The quantitative estimate of drug-likeness (QED) is 0.729. The Labute approximate surface area is 146 Å². The highest BCUT2D eigenvalue weighted by molar-refractivity contribution is 6.39. The number of para-hydroxylation sites is 1. The van der Waals surface area contributed by atoms with Gasteiger partial charge in [0.2, 0.25) is 0 Å². The molecule has 0 aliphatic heterocycles. The molecule has 0 fully saturated rings. The van der Waals surface area contributed by atoms with Gasteiger partial charge in [-0.3, -0.25) is 9.59 Å². The lowest BCUT2D eigenvalue weighted by Gasteiger charge is -2.16. The van der Waals surface area contributed by atoms with Crippen molar-refractivity contribution < 1.29 is 19.4 Å². The van der Waals surface area contributed by atoms with Crippen LogP contribution in [0.4, 0.5) is 5.69 Å². The molecule has 0 aliphatic carbocycles. The van der Waals surface area contributed by atoms with Crippen LogP contribution in [0.1, 0.15) is 31.0 Å². The number of nitrogens with one attached hydrogen (secondary N) is 2. The van der Waals surface area contributed by atoms with Crippen LogP contribution in [0.25, 0.3) is 0 Å². The second-order valence-electron chi connectivity index (χ2n) is 5.58. The fourth-order valence-electron chi connectivity index (χ4n) is 2.48. The number of rotatable bonds is 5. The van der Waals surface area contributed by atoms with Gasteiger partial charge < -0.3 is 20.5 Å². The van der Waals surface area contributed by atoms with Gasteiger partial charge in [-0.05, 0) is 43.2 Å². The summed E-state index contributed by atoms with van der Waals surface area (Å²) in [5.41, 5.74) is 2.03. The fraction of sp³-hybridized carbons (Fsp3) is 0.263. The molecule has 2 rings (SSSR count). The lowest BCUT2D eigenvalue weighted by Crippen LogP contribution is -2.37. The number of phenolic OH excluding ortho intramolecular Hbond substituents is 1. The highest BCUT2D eigenvalue weighted by Gasteiger charge is 2.20. The molecule has 6 heteroatoms. The molecule has 0 unspecified atom stereocenters. The molecule has 0 saturated heterocycles. The standard InChI is InChI=1S/C19H22N2O4/c1-4-13-7-5-6-8-16(13)21-19(24)18(23)20-12(2)15-11-14(25-3)9-10-17(15)22/h5-12,22H,4H2,1-3H3,(H,20,23)(H,21,24)/t12-/m0/s1. The molecule has 2 amide bonds. The van der Waals surface area contributed by atoms with Crippen LogP contribution in [0, 0.1) is 0 Å². The van der Waals surface area contributed by atoms with Gasteiger partial charge in [0.05, 0.1) is 13.2 Å². The van der Waals surface area contributed by atoms with Crippen molar-refractivity contribution in [3.63, 3.8) is 0 Å². The van der Waals surface area contributed by atoms with Crippen molar-refractivity contribution in [3.8, 4) is 11.5 Å². The fourth-order valence-corrected chi connectivity index (χ4v) is 2.48. The van der Waals surface area contributed by atoms with E-state index >= 15 is 0 Å². The molecule has 0 spiro atoms. The molecule has 2 aromatic rings. The first-order valence-electron chi connectivity index (χ1n) is 8.02. The van der Waals surface area contributed by atoms with Crippen LogP contribution in [-0.2, 0) is 16.0 Å². The molecule has 2 aromatic carbocycles. The van der Waals surface area contributed by atoms with Gasteiger partial charge in [-0.25, -0.2) is 0 Å². The molecule has 3 N–H and O–H groups in total. The molecule has 0 saturated carbocycles. The lowest BCUT2D eigenvalue weighted by molar-refractivity contribution is -0.136. The minimum Gasteiger partial charge on any atom is -0.508 e. The zero-order chi connectivity index (χ0) is 18.4. The van der Waals surface area contributed by atoms with E-state index in [1.54, 1.807) is 31.2 Å². The van der Waals surface area contributed by atoms with Crippen LogP contribution in [-0.4, -0.2) is 24.0 Å². The highest BCUT2D eigenvalue weighted by atomic mass is 16.5. The summed E-state index contributed by atoms with van der Waals surface area (Å²) in [7, 11) is 1.51. The second kappa shape index (κ2) is 8.19. The maximum absolute atomic E-state index is 12.2. The van der Waals surface area contributed by atoms with Crippen molar-refractivity contribution in [1.82, 2.24) is 5.32 Å². The predicted molar refractivity (Wildman–Crippen MR) is 95.7 cm³/mol. The third-order valence-corrected chi connectivity index (χ3v) is 3.90. The first-order chi connectivity index (χ1) is 12.0. The molecule has 6 nitrogen and oxygen atoms in total. The van der Waals surface area contributed by atoms with Crippen LogP contribution in [0.3, 0.4) is 0 Å². The van der Waals surface area contributed by atoms with Gasteiger partial charge in [-0.15, -0.1) is 0 Å². The number of benzene rings is 2. The lowest BCUT2D eigenvalue weighted by atomic mass is 10.1. The smallest absolute Gasteiger partial charge is 0.313 e. The predicted octanol–water partition coefficient (Wildman–Crippen LogP) is 2.78. The normalized spacial score (nSPS) is 11.5. The Kier molecular flexibility index (Phi) is 6.00. The maximum Gasteiger partial charge on any atom is 0.313 e. The first kappa shape index (κ1) is 18.3. The number of ether oxygens (including phenoxy) is 1. The number of methoxy groups -OCH3 is 1. The summed E-state index contributed by atoms with van der Waals surface area (Å²) in [5, 5.41) is 15.1. The van der Waals surface area contributed by atoms with Crippen LogP contribution < -0.4 is 15.4 Å². The highest BCUT2D eigenvalue weighted by Crippen LogP contribution is 2.28. The third kappa shape index (κ3) is 4.50. The number of phenols is 1. The zero-order valence-electron chi connectivity index (χ0n) is 14.5. The van der Waals surface area contributed by atoms with Crippen molar-refractivity contribution in [2.45, 2.75) is 26.3 Å². The number of carbonyl (C=O) groups is 2. The summed E-state index contributed by atoms with van der Waals surface area (Å²) >= 11 is 0. The van der Waals surface area contributed by atoms with Crippen molar-refractivity contribution in [2.75, 3.05) is 12.4 Å². The van der Waals surface area contributed by atoms with Crippen LogP contribution in [0.2, 0.25) is 0 Å². The molecular formula is C19H22N2O4. The van der Waals surface area contributed by atoms with Crippen LogP contribution >= 0.6 is 0 Å². The Morgan fingerprint density at radius 2 is 1.88 bits per heavy atom. The number of anilines is 1. The van der Waals surface area contributed by atoms with Crippen LogP contribution in [0.15, 0.2) is 42.5 Å². The van der Waals surface area contributed by atoms with Gasteiger partial charge in [0, 0.05) is 11.3 Å². The monoisotopic (exact) mass is 342 g/mol. The van der Waals surface area contributed by atoms with E-state index in [0.29, 0.717) is 17.0 Å². The minimum absolute atomic E-state index is 0.0188. The Bertz CT molecular complexity index is 774. The number of hydrogen-bond acceptors (Lipinski definition) is 4. The van der Waals surface area contributed by atoms with E-state index in [2.05, 4.69) is 10.6 Å². The summed E-state index contributed by atoms with van der Waals surface area (Å²) in [6.07, 6.45) is 0.742.